The predicted molar refractivity (Wildman–Crippen MR) is 94.8 cm³/mol. The Morgan fingerprint density at radius 1 is 1.35 bits per heavy atom. The Labute approximate surface area is 152 Å². The zero-order chi connectivity index (χ0) is 18.7. The predicted octanol–water partition coefficient (Wildman–Crippen LogP) is 1.65. The minimum atomic E-state index is -0.601. The molecule has 1 heterocycles. The number of carbonyl (C=O) groups is 3. The summed E-state index contributed by atoms with van der Waals surface area (Å²) in [5, 5.41) is 2.83. The number of ether oxygens (including phenoxy) is 2. The van der Waals surface area contributed by atoms with E-state index in [-0.39, 0.29) is 37.4 Å². The van der Waals surface area contributed by atoms with Crippen LogP contribution >= 0.6 is 0 Å². The average molecular weight is 360 g/mol. The molecule has 0 saturated heterocycles. The molecule has 2 atom stereocenters. The normalized spacial score (nSPS) is 20.0. The Kier molecular flexibility index (Phi) is 5.44. The molecule has 3 rings (SSSR count). The molecule has 0 radical (unpaired) electrons. The van der Waals surface area contributed by atoms with Crippen molar-refractivity contribution in [3.8, 4) is 5.75 Å². The maximum atomic E-state index is 12.3. The van der Waals surface area contributed by atoms with Crippen molar-refractivity contribution >= 4 is 23.5 Å². The van der Waals surface area contributed by atoms with Crippen molar-refractivity contribution in [3.63, 3.8) is 0 Å². The van der Waals surface area contributed by atoms with E-state index in [9.17, 15) is 14.4 Å². The molecule has 7 heteroatoms. The Balaban J connectivity index is 1.48. The van der Waals surface area contributed by atoms with Crippen LogP contribution in [0.1, 0.15) is 33.1 Å². The lowest BCUT2D eigenvalue weighted by atomic mass is 10.2. The van der Waals surface area contributed by atoms with E-state index in [4.69, 9.17) is 9.47 Å². The third-order valence-corrected chi connectivity index (χ3v) is 4.70. The van der Waals surface area contributed by atoms with Crippen molar-refractivity contribution in [2.75, 3.05) is 18.1 Å². The summed E-state index contributed by atoms with van der Waals surface area (Å²) < 4.78 is 10.6. The third-order valence-electron chi connectivity index (χ3n) is 4.70. The van der Waals surface area contributed by atoms with Gasteiger partial charge in [0, 0.05) is 12.6 Å². The SMILES string of the molecule is CC1Oc2ccccc2N(CCC(=O)OCC(=O)NC(C)C2CC2)C1=O. The zero-order valence-electron chi connectivity index (χ0n) is 15.1. The summed E-state index contributed by atoms with van der Waals surface area (Å²) in [4.78, 5) is 37.6. The van der Waals surface area contributed by atoms with Crippen LogP contribution in [0.25, 0.3) is 0 Å². The number of para-hydroxylation sites is 2. The van der Waals surface area contributed by atoms with Gasteiger partial charge in [-0.25, -0.2) is 0 Å². The van der Waals surface area contributed by atoms with Crippen LogP contribution in [0, 0.1) is 5.92 Å². The fourth-order valence-electron chi connectivity index (χ4n) is 3.02. The van der Waals surface area contributed by atoms with Gasteiger partial charge in [0.05, 0.1) is 12.1 Å². The number of benzene rings is 1. The first-order chi connectivity index (χ1) is 12.5. The number of hydrogen-bond acceptors (Lipinski definition) is 5. The minimum Gasteiger partial charge on any atom is -0.479 e. The average Bonchev–Trinajstić information content (AvgIpc) is 3.45. The second-order valence-corrected chi connectivity index (χ2v) is 6.82. The van der Waals surface area contributed by atoms with E-state index in [0.29, 0.717) is 17.4 Å². The number of anilines is 1. The van der Waals surface area contributed by atoms with Crippen molar-refractivity contribution in [2.24, 2.45) is 5.92 Å². The lowest BCUT2D eigenvalue weighted by Crippen LogP contribution is -2.45. The molecule has 1 saturated carbocycles. The molecule has 2 aliphatic rings. The van der Waals surface area contributed by atoms with Crippen LogP contribution < -0.4 is 15.0 Å². The fourth-order valence-corrected chi connectivity index (χ4v) is 3.02. The Hall–Kier alpha value is -2.57. The highest BCUT2D eigenvalue weighted by atomic mass is 16.5. The monoisotopic (exact) mass is 360 g/mol. The van der Waals surface area contributed by atoms with Crippen LogP contribution in [0.5, 0.6) is 5.75 Å². The first kappa shape index (κ1) is 18.2. The highest BCUT2D eigenvalue weighted by Gasteiger charge is 2.31. The van der Waals surface area contributed by atoms with Gasteiger partial charge in [0.1, 0.15) is 5.75 Å². The van der Waals surface area contributed by atoms with E-state index in [1.165, 1.54) is 4.90 Å². The zero-order valence-corrected chi connectivity index (χ0v) is 15.1. The smallest absolute Gasteiger partial charge is 0.308 e. The van der Waals surface area contributed by atoms with E-state index < -0.39 is 12.1 Å². The molecule has 140 valence electrons. The first-order valence-electron chi connectivity index (χ1n) is 8.97. The van der Waals surface area contributed by atoms with Gasteiger partial charge in [-0.1, -0.05) is 12.1 Å². The number of esters is 1. The summed E-state index contributed by atoms with van der Waals surface area (Å²) >= 11 is 0. The molecule has 0 spiro atoms. The molecule has 1 aliphatic carbocycles. The van der Waals surface area contributed by atoms with Crippen molar-refractivity contribution in [1.29, 1.82) is 0 Å². The van der Waals surface area contributed by atoms with E-state index in [2.05, 4.69) is 5.32 Å². The largest absolute Gasteiger partial charge is 0.479 e. The molecule has 0 aromatic heterocycles. The Morgan fingerprint density at radius 3 is 2.81 bits per heavy atom. The molecule has 1 aliphatic heterocycles. The quantitative estimate of drug-likeness (QED) is 0.748. The lowest BCUT2D eigenvalue weighted by Gasteiger charge is -2.32. The highest BCUT2D eigenvalue weighted by Crippen LogP contribution is 2.33. The summed E-state index contributed by atoms with van der Waals surface area (Å²) in [6, 6.07) is 7.31. The number of nitrogens with zero attached hydrogens (tertiary/aromatic N) is 1. The summed E-state index contributed by atoms with van der Waals surface area (Å²) in [6.45, 7) is 3.53. The minimum absolute atomic E-state index is 0.0122. The number of hydrogen-bond donors (Lipinski definition) is 1. The first-order valence-corrected chi connectivity index (χ1v) is 8.97. The number of amides is 2. The van der Waals surface area contributed by atoms with Gasteiger partial charge in [-0.05, 0) is 44.7 Å². The molecule has 1 aromatic rings. The summed E-state index contributed by atoms with van der Waals surface area (Å²) in [6.07, 6.45) is 1.68. The fraction of sp³-hybridized carbons (Fsp3) is 0.526. The van der Waals surface area contributed by atoms with Crippen molar-refractivity contribution in [3.05, 3.63) is 24.3 Å². The van der Waals surface area contributed by atoms with Gasteiger partial charge < -0.3 is 19.7 Å². The van der Waals surface area contributed by atoms with Crippen LogP contribution in [0.4, 0.5) is 5.69 Å². The van der Waals surface area contributed by atoms with Gasteiger partial charge >= 0.3 is 5.97 Å². The van der Waals surface area contributed by atoms with Gasteiger partial charge in [0.15, 0.2) is 12.7 Å². The Bertz CT molecular complexity index is 701. The highest BCUT2D eigenvalue weighted by molar-refractivity contribution is 6.00. The topological polar surface area (TPSA) is 84.9 Å². The summed E-state index contributed by atoms with van der Waals surface area (Å²) in [5.41, 5.74) is 0.638. The molecular formula is C19H24N2O5. The number of carbonyl (C=O) groups excluding carboxylic acids is 3. The lowest BCUT2D eigenvalue weighted by molar-refractivity contribution is -0.148. The molecule has 0 bridgehead atoms. The molecule has 1 aromatic carbocycles. The van der Waals surface area contributed by atoms with Crippen LogP contribution in [0.3, 0.4) is 0 Å². The van der Waals surface area contributed by atoms with Gasteiger partial charge in [-0.15, -0.1) is 0 Å². The van der Waals surface area contributed by atoms with Crippen LogP contribution in [0.15, 0.2) is 24.3 Å². The second kappa shape index (κ2) is 7.76. The van der Waals surface area contributed by atoms with E-state index >= 15 is 0 Å². The number of nitrogens with one attached hydrogen (secondary N) is 1. The van der Waals surface area contributed by atoms with Crippen molar-refractivity contribution < 1.29 is 23.9 Å². The molecule has 1 N–H and O–H groups in total. The Morgan fingerprint density at radius 2 is 2.08 bits per heavy atom. The van der Waals surface area contributed by atoms with Crippen molar-refractivity contribution in [2.45, 2.75) is 45.3 Å². The van der Waals surface area contributed by atoms with Crippen molar-refractivity contribution in [1.82, 2.24) is 5.32 Å². The number of fused-ring (bicyclic) bond motifs is 1. The standard InChI is InChI=1S/C19H24N2O5/c1-12(14-7-8-14)20-17(22)11-25-18(23)9-10-21-15-5-3-4-6-16(15)26-13(2)19(21)24/h3-6,12-14H,7-11H2,1-2H3,(H,20,22). The molecule has 1 fully saturated rings. The molecule has 26 heavy (non-hydrogen) atoms. The molecule has 2 amide bonds. The van der Waals surface area contributed by atoms with Crippen LogP contribution in [-0.4, -0.2) is 43.1 Å². The van der Waals surface area contributed by atoms with E-state index in [0.717, 1.165) is 12.8 Å². The summed E-state index contributed by atoms with van der Waals surface area (Å²) in [5.74, 6) is 0.153. The summed E-state index contributed by atoms with van der Waals surface area (Å²) in [7, 11) is 0. The maximum Gasteiger partial charge on any atom is 0.308 e. The van der Waals surface area contributed by atoms with Crippen LogP contribution in [0.2, 0.25) is 0 Å². The molecule has 2 unspecified atom stereocenters. The van der Waals surface area contributed by atoms with E-state index in [1.807, 2.05) is 19.1 Å². The van der Waals surface area contributed by atoms with Crippen LogP contribution in [-0.2, 0) is 19.1 Å². The molecule has 7 nitrogen and oxygen atoms in total. The number of rotatable bonds is 7. The van der Waals surface area contributed by atoms with Gasteiger partial charge in [0.2, 0.25) is 0 Å². The molecular weight excluding hydrogens is 336 g/mol. The maximum absolute atomic E-state index is 12.3. The van der Waals surface area contributed by atoms with Gasteiger partial charge in [-0.3, -0.25) is 14.4 Å². The second-order valence-electron chi connectivity index (χ2n) is 6.82. The van der Waals surface area contributed by atoms with Gasteiger partial charge in [-0.2, -0.15) is 0 Å². The van der Waals surface area contributed by atoms with Gasteiger partial charge in [0.25, 0.3) is 11.8 Å². The van der Waals surface area contributed by atoms with E-state index in [1.54, 1.807) is 19.1 Å². The third kappa shape index (κ3) is 4.33.